The second-order valence-electron chi connectivity index (χ2n) is 4.84. The van der Waals surface area contributed by atoms with Gasteiger partial charge < -0.3 is 9.47 Å². The average Bonchev–Trinajstić information content (AvgIpc) is 2.71. The molecule has 1 aliphatic heterocycles. The molecule has 20 heavy (non-hydrogen) atoms. The van der Waals surface area contributed by atoms with Gasteiger partial charge in [-0.05, 0) is 19.8 Å². The molecule has 10 heteroatoms. The van der Waals surface area contributed by atoms with Gasteiger partial charge in [0.1, 0.15) is 23.7 Å². The second-order valence-corrected chi connectivity index (χ2v) is 5.66. The largest absolute Gasteiger partial charge is 0.458 e. The standard InChI is InChI=1S/C10H12F2O7S/c1-9(3-2-5-4-6(9)16-7(5)13)17-8(14)10(11,12)20-19-18-15/h5-6,15H,2-4H2,1H3. The van der Waals surface area contributed by atoms with Crippen molar-refractivity contribution in [2.45, 2.75) is 43.1 Å². The highest BCUT2D eigenvalue weighted by atomic mass is 32.2. The molecule has 1 heterocycles. The van der Waals surface area contributed by atoms with Gasteiger partial charge >= 0.3 is 17.2 Å². The zero-order valence-electron chi connectivity index (χ0n) is 10.3. The van der Waals surface area contributed by atoms with Crippen molar-refractivity contribution >= 4 is 24.0 Å². The summed E-state index contributed by atoms with van der Waals surface area (Å²) in [4.78, 5) is 22.8. The number of ether oxygens (including phenoxy) is 2. The normalized spacial score (nSPS) is 32.9. The summed E-state index contributed by atoms with van der Waals surface area (Å²) in [5.74, 6) is -2.51. The Labute approximate surface area is 116 Å². The predicted molar refractivity (Wildman–Crippen MR) is 59.1 cm³/mol. The van der Waals surface area contributed by atoms with Crippen molar-refractivity contribution in [3.05, 3.63) is 0 Å². The van der Waals surface area contributed by atoms with Crippen LogP contribution in [-0.4, -0.2) is 34.2 Å². The van der Waals surface area contributed by atoms with Gasteiger partial charge in [-0.2, -0.15) is 8.78 Å². The summed E-state index contributed by atoms with van der Waals surface area (Å²) in [6.45, 7) is 1.44. The fourth-order valence-corrected chi connectivity index (χ4v) is 2.58. The van der Waals surface area contributed by atoms with Crippen LogP contribution in [0.15, 0.2) is 0 Å². The van der Waals surface area contributed by atoms with Gasteiger partial charge in [-0.25, -0.2) is 10.1 Å². The Morgan fingerprint density at radius 2 is 2.30 bits per heavy atom. The molecule has 0 amide bonds. The number of esters is 2. The molecule has 0 spiro atoms. The molecule has 1 aliphatic carbocycles. The second kappa shape index (κ2) is 5.43. The first kappa shape index (κ1) is 15.4. The minimum absolute atomic E-state index is 0.248. The maximum absolute atomic E-state index is 13.3. The molecule has 114 valence electrons. The van der Waals surface area contributed by atoms with E-state index < -0.39 is 40.9 Å². The maximum Gasteiger partial charge on any atom is 0.415 e. The third-order valence-corrected chi connectivity index (χ3v) is 4.00. The lowest BCUT2D eigenvalue weighted by molar-refractivity contribution is -0.433. The number of carbonyl (C=O) groups excluding carboxylic acids is 2. The Kier molecular flexibility index (Phi) is 4.19. The lowest BCUT2D eigenvalue weighted by Gasteiger charge is -2.36. The molecule has 1 saturated carbocycles. The Hall–Kier alpha value is -0.970. The number of rotatable bonds is 5. The van der Waals surface area contributed by atoms with E-state index in [2.05, 4.69) is 9.37 Å². The van der Waals surface area contributed by atoms with E-state index in [1.54, 1.807) is 0 Å². The van der Waals surface area contributed by atoms with Crippen molar-refractivity contribution in [1.29, 1.82) is 0 Å². The fraction of sp³-hybridized carbons (Fsp3) is 0.800. The van der Waals surface area contributed by atoms with Gasteiger partial charge in [-0.3, -0.25) is 4.79 Å². The number of hydrogen-bond acceptors (Lipinski definition) is 8. The van der Waals surface area contributed by atoms with Gasteiger partial charge in [0.25, 0.3) is 0 Å². The van der Waals surface area contributed by atoms with E-state index in [1.807, 2.05) is 0 Å². The van der Waals surface area contributed by atoms with E-state index in [-0.39, 0.29) is 12.3 Å². The van der Waals surface area contributed by atoms with Gasteiger partial charge in [0.15, 0.2) is 0 Å². The van der Waals surface area contributed by atoms with E-state index in [0.29, 0.717) is 12.8 Å². The lowest BCUT2D eigenvalue weighted by Crippen LogP contribution is -2.48. The van der Waals surface area contributed by atoms with Gasteiger partial charge in [0.2, 0.25) is 0 Å². The molecule has 3 atom stereocenters. The van der Waals surface area contributed by atoms with Crippen LogP contribution in [-0.2, 0) is 28.4 Å². The third-order valence-electron chi connectivity index (χ3n) is 3.49. The molecule has 1 N–H and O–H groups in total. The van der Waals surface area contributed by atoms with Gasteiger partial charge in [-0.1, -0.05) is 5.04 Å². The summed E-state index contributed by atoms with van der Waals surface area (Å²) in [6, 6.07) is 0. The molecule has 2 fully saturated rings. The summed E-state index contributed by atoms with van der Waals surface area (Å²) >= 11 is -0.694. The molecule has 0 aromatic rings. The van der Waals surface area contributed by atoms with Crippen LogP contribution in [0.4, 0.5) is 8.78 Å². The fourth-order valence-electron chi connectivity index (χ4n) is 2.35. The monoisotopic (exact) mass is 314 g/mol. The minimum atomic E-state index is -4.06. The summed E-state index contributed by atoms with van der Waals surface area (Å²) < 4.78 is 40.0. The van der Waals surface area contributed by atoms with Crippen molar-refractivity contribution in [2.24, 2.45) is 5.92 Å². The van der Waals surface area contributed by atoms with E-state index in [9.17, 15) is 18.4 Å². The van der Waals surface area contributed by atoms with Crippen molar-refractivity contribution < 1.29 is 42.5 Å². The van der Waals surface area contributed by atoms with Crippen LogP contribution in [0.1, 0.15) is 26.2 Å². The van der Waals surface area contributed by atoms with Crippen LogP contribution in [0.2, 0.25) is 0 Å². The smallest absolute Gasteiger partial charge is 0.415 e. The van der Waals surface area contributed by atoms with Crippen molar-refractivity contribution in [1.82, 2.24) is 0 Å². The van der Waals surface area contributed by atoms with Crippen LogP contribution in [0.3, 0.4) is 0 Å². The first-order valence-electron chi connectivity index (χ1n) is 5.76. The molecule has 7 nitrogen and oxygen atoms in total. The topological polar surface area (TPSA) is 91.3 Å². The number of hydrogen-bond donors (Lipinski definition) is 1. The highest BCUT2D eigenvalue weighted by Gasteiger charge is 2.55. The minimum Gasteiger partial charge on any atom is -0.458 e. The van der Waals surface area contributed by atoms with Crippen LogP contribution in [0, 0.1) is 5.92 Å². The first-order chi connectivity index (χ1) is 9.28. The van der Waals surface area contributed by atoms with Gasteiger partial charge in [0.05, 0.1) is 5.92 Å². The number of carbonyl (C=O) groups is 2. The molecular weight excluding hydrogens is 302 g/mol. The lowest BCUT2D eigenvalue weighted by atomic mass is 9.80. The molecule has 0 aromatic carbocycles. The van der Waals surface area contributed by atoms with E-state index in [0.717, 1.165) is 0 Å². The molecule has 2 bridgehead atoms. The molecule has 2 rings (SSSR count). The highest BCUT2D eigenvalue weighted by Crippen LogP contribution is 2.44. The molecule has 0 radical (unpaired) electrons. The Morgan fingerprint density at radius 1 is 1.60 bits per heavy atom. The number of alkyl halides is 2. The van der Waals surface area contributed by atoms with Crippen LogP contribution in [0.5, 0.6) is 0 Å². The van der Waals surface area contributed by atoms with E-state index in [4.69, 9.17) is 14.7 Å². The maximum atomic E-state index is 13.3. The van der Waals surface area contributed by atoms with Crippen molar-refractivity contribution in [3.63, 3.8) is 0 Å². The van der Waals surface area contributed by atoms with Gasteiger partial charge in [0, 0.05) is 6.42 Å². The van der Waals surface area contributed by atoms with Crippen LogP contribution < -0.4 is 0 Å². The number of halogens is 2. The summed E-state index contributed by atoms with van der Waals surface area (Å²) in [5.41, 5.74) is -1.30. The molecule has 3 unspecified atom stereocenters. The molecular formula is C10H12F2O7S. The SMILES string of the molecule is CC1(OC(=O)C(F)(F)SOOO)CCC2CC1OC2=O. The van der Waals surface area contributed by atoms with Crippen LogP contribution >= 0.6 is 12.0 Å². The summed E-state index contributed by atoms with van der Waals surface area (Å²) in [7, 11) is 0. The zero-order chi connectivity index (χ0) is 15.0. The van der Waals surface area contributed by atoms with E-state index in [1.165, 1.54) is 6.92 Å². The Balaban J connectivity index is 2.01. The molecule has 2 aliphatic rings. The van der Waals surface area contributed by atoms with Crippen molar-refractivity contribution in [2.75, 3.05) is 0 Å². The summed E-state index contributed by atoms with van der Waals surface area (Å²) in [5, 5.41) is 6.76. The molecule has 1 saturated heterocycles. The quantitative estimate of drug-likeness (QED) is 0.355. The number of fused-ring (bicyclic) bond motifs is 2. The van der Waals surface area contributed by atoms with E-state index >= 15 is 0 Å². The van der Waals surface area contributed by atoms with Crippen molar-refractivity contribution in [3.8, 4) is 0 Å². The van der Waals surface area contributed by atoms with Crippen LogP contribution in [0.25, 0.3) is 0 Å². The zero-order valence-corrected chi connectivity index (χ0v) is 11.2. The first-order valence-corrected chi connectivity index (χ1v) is 6.50. The molecule has 0 aromatic heterocycles. The third kappa shape index (κ3) is 2.87. The summed E-state index contributed by atoms with van der Waals surface area (Å²) in [6.07, 6.45) is 0.275. The van der Waals surface area contributed by atoms with Gasteiger partial charge in [-0.15, -0.1) is 4.33 Å². The predicted octanol–water partition coefficient (Wildman–Crippen LogP) is 1.68. The highest BCUT2D eigenvalue weighted by molar-refractivity contribution is 7.96. The Bertz CT molecular complexity index is 418. The Morgan fingerprint density at radius 3 is 2.95 bits per heavy atom. The average molecular weight is 314 g/mol.